The summed E-state index contributed by atoms with van der Waals surface area (Å²) in [6.07, 6.45) is 0.580. The summed E-state index contributed by atoms with van der Waals surface area (Å²) in [5.41, 5.74) is 2.50. The van der Waals surface area contributed by atoms with Crippen LogP contribution in [0.25, 0.3) is 0 Å². The second-order valence-electron chi connectivity index (χ2n) is 5.12. The lowest BCUT2D eigenvalue weighted by Crippen LogP contribution is -2.37. The van der Waals surface area contributed by atoms with Crippen molar-refractivity contribution < 1.29 is 9.53 Å². The Balaban J connectivity index is 2.06. The first-order chi connectivity index (χ1) is 10.1. The topological polar surface area (TPSA) is 53.6 Å². The molecule has 21 heavy (non-hydrogen) atoms. The van der Waals surface area contributed by atoms with Crippen molar-refractivity contribution in [3.8, 4) is 0 Å². The number of benzene rings is 1. The van der Waals surface area contributed by atoms with Gasteiger partial charge in [-0.25, -0.2) is 4.79 Å². The molecule has 1 atom stereocenters. The Kier molecular flexibility index (Phi) is 5.87. The molecule has 1 aliphatic rings. The smallest absolute Gasteiger partial charge is 0.407 e. The Bertz CT molecular complexity index is 496. The normalized spacial score (nSPS) is 17.9. The van der Waals surface area contributed by atoms with Gasteiger partial charge in [0.25, 0.3) is 0 Å². The average Bonchev–Trinajstić information content (AvgIpc) is 2.93. The zero-order chi connectivity index (χ0) is 15.2. The van der Waals surface area contributed by atoms with Crippen molar-refractivity contribution in [2.24, 2.45) is 0 Å². The lowest BCUT2D eigenvalue weighted by atomic mass is 10.1. The van der Waals surface area contributed by atoms with Crippen LogP contribution >= 0.6 is 15.9 Å². The van der Waals surface area contributed by atoms with Crippen molar-refractivity contribution in [1.29, 1.82) is 0 Å². The van der Waals surface area contributed by atoms with Gasteiger partial charge in [-0.2, -0.15) is 0 Å². The third kappa shape index (κ3) is 4.35. The van der Waals surface area contributed by atoms with Crippen LogP contribution in [0.2, 0.25) is 0 Å². The maximum atomic E-state index is 11.3. The number of ether oxygens (including phenoxy) is 1. The van der Waals surface area contributed by atoms with Gasteiger partial charge in [0.05, 0.1) is 13.2 Å². The zero-order valence-electron chi connectivity index (χ0n) is 12.5. The van der Waals surface area contributed by atoms with Crippen LogP contribution in [0.4, 0.5) is 10.5 Å². The van der Waals surface area contributed by atoms with Crippen LogP contribution in [0.1, 0.15) is 18.9 Å². The first-order valence-electron chi connectivity index (χ1n) is 7.22. The van der Waals surface area contributed by atoms with Gasteiger partial charge in [-0.1, -0.05) is 22.9 Å². The van der Waals surface area contributed by atoms with Crippen molar-refractivity contribution >= 4 is 27.7 Å². The third-order valence-corrected chi connectivity index (χ3v) is 4.14. The van der Waals surface area contributed by atoms with Gasteiger partial charge in [0, 0.05) is 29.8 Å². The molecule has 2 rings (SSSR count). The van der Waals surface area contributed by atoms with Gasteiger partial charge >= 0.3 is 6.09 Å². The molecule has 1 saturated heterocycles. The summed E-state index contributed by atoms with van der Waals surface area (Å²) in [4.78, 5) is 13.6. The van der Waals surface area contributed by atoms with Crippen LogP contribution in [0, 0.1) is 0 Å². The number of carbonyl (C=O) groups excluding carboxylic acids is 1. The number of hydrogen-bond donors (Lipinski definition) is 2. The lowest BCUT2D eigenvalue weighted by molar-refractivity contribution is 0.167. The molecule has 0 bridgehead atoms. The first kappa shape index (κ1) is 16.1. The summed E-state index contributed by atoms with van der Waals surface area (Å²) < 4.78 is 5.75. The van der Waals surface area contributed by atoms with E-state index in [0.717, 1.165) is 37.1 Å². The van der Waals surface area contributed by atoms with Gasteiger partial charge in [-0.15, -0.1) is 0 Å². The molecule has 0 radical (unpaired) electrons. The Labute approximate surface area is 134 Å². The minimum atomic E-state index is -0.356. The number of hydrogen-bond acceptors (Lipinski definition) is 4. The highest BCUT2D eigenvalue weighted by Crippen LogP contribution is 2.27. The third-order valence-electron chi connectivity index (χ3n) is 3.64. The highest BCUT2D eigenvalue weighted by atomic mass is 79.9. The monoisotopic (exact) mass is 355 g/mol. The molecule has 0 saturated carbocycles. The van der Waals surface area contributed by atoms with E-state index in [4.69, 9.17) is 0 Å². The van der Waals surface area contributed by atoms with Crippen molar-refractivity contribution in [2.75, 3.05) is 31.6 Å². The fraction of sp³-hybridized carbons (Fsp3) is 0.533. The van der Waals surface area contributed by atoms with Gasteiger partial charge < -0.3 is 20.3 Å². The fourth-order valence-electron chi connectivity index (χ4n) is 2.59. The SMILES string of the molecule is CCNCc1cc(Br)ccc1N1CCC(NC(=O)OC)C1. The largest absolute Gasteiger partial charge is 0.453 e. The standard InChI is InChI=1S/C15H22BrN3O2/c1-3-17-9-11-8-12(16)4-5-14(11)19-7-6-13(10-19)18-15(20)21-2/h4-5,8,13,17H,3,6-7,9-10H2,1-2H3,(H,18,20). The number of rotatable bonds is 5. The van der Waals surface area contributed by atoms with E-state index in [0.29, 0.717) is 0 Å². The van der Waals surface area contributed by atoms with Crippen molar-refractivity contribution in [3.63, 3.8) is 0 Å². The molecule has 0 aromatic heterocycles. The minimum absolute atomic E-state index is 0.146. The molecule has 6 heteroatoms. The number of amides is 1. The lowest BCUT2D eigenvalue weighted by Gasteiger charge is -2.22. The molecule has 1 aromatic rings. The molecule has 116 valence electrons. The highest BCUT2D eigenvalue weighted by Gasteiger charge is 2.25. The quantitative estimate of drug-likeness (QED) is 0.851. The summed E-state index contributed by atoms with van der Waals surface area (Å²) in [6.45, 7) is 5.64. The Morgan fingerprint density at radius 3 is 3.05 bits per heavy atom. The van der Waals surface area contributed by atoms with E-state index in [2.05, 4.69) is 61.3 Å². The molecule has 1 aliphatic heterocycles. The minimum Gasteiger partial charge on any atom is -0.453 e. The zero-order valence-corrected chi connectivity index (χ0v) is 14.1. The molecule has 1 amide bonds. The van der Waals surface area contributed by atoms with E-state index < -0.39 is 0 Å². The number of methoxy groups -OCH3 is 1. The molecular formula is C15H22BrN3O2. The van der Waals surface area contributed by atoms with Gasteiger partial charge in [0.15, 0.2) is 0 Å². The number of alkyl carbamates (subject to hydrolysis) is 1. The maximum absolute atomic E-state index is 11.3. The van der Waals surface area contributed by atoms with E-state index in [1.807, 2.05) is 0 Å². The fourth-order valence-corrected chi connectivity index (χ4v) is 2.99. The van der Waals surface area contributed by atoms with E-state index in [-0.39, 0.29) is 12.1 Å². The number of nitrogens with one attached hydrogen (secondary N) is 2. The van der Waals surface area contributed by atoms with Crippen LogP contribution in [0.3, 0.4) is 0 Å². The van der Waals surface area contributed by atoms with Gasteiger partial charge in [0.2, 0.25) is 0 Å². The second-order valence-corrected chi connectivity index (χ2v) is 6.04. The molecule has 5 nitrogen and oxygen atoms in total. The number of anilines is 1. The molecule has 1 fully saturated rings. The van der Waals surface area contributed by atoms with Crippen LogP contribution in [-0.2, 0) is 11.3 Å². The average molecular weight is 356 g/mol. The highest BCUT2D eigenvalue weighted by molar-refractivity contribution is 9.10. The molecule has 1 unspecified atom stereocenters. The molecule has 2 N–H and O–H groups in total. The Morgan fingerprint density at radius 2 is 2.33 bits per heavy atom. The van der Waals surface area contributed by atoms with Gasteiger partial charge in [-0.05, 0) is 36.7 Å². The Morgan fingerprint density at radius 1 is 1.52 bits per heavy atom. The summed E-state index contributed by atoms with van der Waals surface area (Å²) in [6, 6.07) is 6.50. The van der Waals surface area contributed by atoms with Crippen molar-refractivity contribution in [3.05, 3.63) is 28.2 Å². The van der Waals surface area contributed by atoms with Crippen molar-refractivity contribution in [1.82, 2.24) is 10.6 Å². The molecule has 1 aromatic carbocycles. The predicted octanol–water partition coefficient (Wildman–Crippen LogP) is 2.49. The van der Waals surface area contributed by atoms with Gasteiger partial charge in [0.1, 0.15) is 0 Å². The number of halogens is 1. The summed E-state index contributed by atoms with van der Waals surface area (Å²) in [5.74, 6) is 0. The summed E-state index contributed by atoms with van der Waals surface area (Å²) >= 11 is 3.53. The molecule has 0 aliphatic carbocycles. The van der Waals surface area contributed by atoms with Gasteiger partial charge in [-0.3, -0.25) is 0 Å². The molecule has 0 spiro atoms. The number of nitrogens with zero attached hydrogens (tertiary/aromatic N) is 1. The summed E-state index contributed by atoms with van der Waals surface area (Å²) in [7, 11) is 1.39. The van der Waals surface area contributed by atoms with Crippen LogP contribution in [0.15, 0.2) is 22.7 Å². The van der Waals surface area contributed by atoms with E-state index in [1.54, 1.807) is 0 Å². The maximum Gasteiger partial charge on any atom is 0.407 e. The van der Waals surface area contributed by atoms with E-state index in [9.17, 15) is 4.79 Å². The first-order valence-corrected chi connectivity index (χ1v) is 8.02. The predicted molar refractivity (Wildman–Crippen MR) is 87.7 cm³/mol. The number of carbonyl (C=O) groups is 1. The summed E-state index contributed by atoms with van der Waals surface area (Å²) in [5, 5.41) is 6.25. The van der Waals surface area contributed by atoms with Crippen LogP contribution in [0.5, 0.6) is 0 Å². The molecular weight excluding hydrogens is 334 g/mol. The van der Waals surface area contributed by atoms with Crippen LogP contribution in [-0.4, -0.2) is 38.9 Å². The van der Waals surface area contributed by atoms with Crippen molar-refractivity contribution in [2.45, 2.75) is 25.9 Å². The molecule has 1 heterocycles. The van der Waals surface area contributed by atoms with E-state index in [1.165, 1.54) is 18.4 Å². The van der Waals surface area contributed by atoms with E-state index >= 15 is 0 Å². The Hall–Kier alpha value is -1.27. The second kappa shape index (κ2) is 7.66. The van der Waals surface area contributed by atoms with Crippen LogP contribution < -0.4 is 15.5 Å².